The summed E-state index contributed by atoms with van der Waals surface area (Å²) in [5.41, 5.74) is 2.61. The van der Waals surface area contributed by atoms with Crippen LogP contribution in [0.4, 0.5) is 5.69 Å². The Morgan fingerprint density at radius 3 is 2.22 bits per heavy atom. The summed E-state index contributed by atoms with van der Waals surface area (Å²) in [5.74, 6) is 2.10. The van der Waals surface area contributed by atoms with E-state index in [1.807, 2.05) is 11.9 Å². The van der Waals surface area contributed by atoms with E-state index in [-0.39, 0.29) is 0 Å². The molecule has 0 radical (unpaired) electrons. The molecule has 0 atom stereocenters. The molecule has 0 aromatic heterocycles. The minimum atomic E-state index is 0.293. The number of amides is 1. The molecular weight excluding hydrogens is 400 g/mol. The Bertz CT molecular complexity index is 757. The molecule has 3 saturated heterocycles. The number of nitrogens with zero attached hydrogens (tertiary/aromatic N) is 5. The first-order valence-corrected chi connectivity index (χ1v) is 12.4. The fraction of sp³-hybridized carbons (Fsp3) is 0.680. The van der Waals surface area contributed by atoms with Crippen LogP contribution < -0.4 is 10.2 Å². The van der Waals surface area contributed by atoms with Gasteiger partial charge in [0.05, 0.1) is 6.54 Å². The van der Waals surface area contributed by atoms with E-state index in [9.17, 15) is 4.79 Å². The minimum absolute atomic E-state index is 0.293. The number of anilines is 1. The van der Waals surface area contributed by atoms with E-state index in [2.05, 4.69) is 56.2 Å². The lowest BCUT2D eigenvalue weighted by Gasteiger charge is -2.36. The Morgan fingerprint density at radius 2 is 1.59 bits per heavy atom. The summed E-state index contributed by atoms with van der Waals surface area (Å²) in [6, 6.07) is 8.98. The third kappa shape index (κ3) is 5.94. The maximum Gasteiger partial charge on any atom is 0.236 e. The van der Waals surface area contributed by atoms with E-state index in [1.54, 1.807) is 0 Å². The molecule has 4 rings (SSSR count). The standard InChI is InChI=1S/C25H40N6O/c1-21-9-13-29(14-10-21)23-7-5-22(6-8-23)19-27-25(26-2)31-17-15-28(16-18-31)20-24(32)30-11-3-4-12-30/h5-8,21H,3-4,9-20H2,1-2H3,(H,26,27). The van der Waals surface area contributed by atoms with Crippen LogP contribution in [0.1, 0.15) is 38.2 Å². The normalized spacial score (nSPS) is 21.3. The van der Waals surface area contributed by atoms with Crippen molar-refractivity contribution in [1.82, 2.24) is 20.0 Å². The number of carbonyl (C=O) groups excluding carboxylic acids is 1. The number of likely N-dealkylation sites (tertiary alicyclic amines) is 1. The fourth-order valence-electron chi connectivity index (χ4n) is 4.98. The predicted molar refractivity (Wildman–Crippen MR) is 131 cm³/mol. The third-order valence-electron chi connectivity index (χ3n) is 7.24. The quantitative estimate of drug-likeness (QED) is 0.562. The zero-order valence-electron chi connectivity index (χ0n) is 19.9. The summed E-state index contributed by atoms with van der Waals surface area (Å²) >= 11 is 0. The van der Waals surface area contributed by atoms with Gasteiger partial charge in [0.15, 0.2) is 5.96 Å². The minimum Gasteiger partial charge on any atom is -0.372 e. The van der Waals surface area contributed by atoms with Crippen molar-refractivity contribution < 1.29 is 4.79 Å². The summed E-state index contributed by atoms with van der Waals surface area (Å²) in [4.78, 5) is 26.0. The zero-order valence-corrected chi connectivity index (χ0v) is 19.9. The second-order valence-corrected chi connectivity index (χ2v) is 9.59. The van der Waals surface area contributed by atoms with Crippen molar-refractivity contribution in [3.05, 3.63) is 29.8 Å². The Labute approximate surface area is 193 Å². The molecule has 1 aromatic carbocycles. The van der Waals surface area contributed by atoms with Gasteiger partial charge in [0.1, 0.15) is 0 Å². The fourth-order valence-corrected chi connectivity index (χ4v) is 4.98. The molecule has 3 aliphatic rings. The molecular formula is C25H40N6O. The average molecular weight is 441 g/mol. The van der Waals surface area contributed by atoms with Crippen molar-refractivity contribution in [2.24, 2.45) is 10.9 Å². The SMILES string of the molecule is CN=C(NCc1ccc(N2CCC(C)CC2)cc1)N1CCN(CC(=O)N2CCCC2)CC1. The van der Waals surface area contributed by atoms with Crippen molar-refractivity contribution in [3.63, 3.8) is 0 Å². The molecule has 32 heavy (non-hydrogen) atoms. The highest BCUT2D eigenvalue weighted by Crippen LogP contribution is 2.23. The number of carbonyl (C=O) groups is 1. The predicted octanol–water partition coefficient (Wildman–Crippen LogP) is 2.24. The van der Waals surface area contributed by atoms with E-state index in [0.29, 0.717) is 12.5 Å². The molecule has 0 aliphatic carbocycles. The van der Waals surface area contributed by atoms with Gasteiger partial charge in [-0.3, -0.25) is 14.7 Å². The molecule has 7 nitrogen and oxygen atoms in total. The van der Waals surface area contributed by atoms with Crippen LogP contribution in [0, 0.1) is 5.92 Å². The number of hydrogen-bond donors (Lipinski definition) is 1. The van der Waals surface area contributed by atoms with E-state index < -0.39 is 0 Å². The molecule has 0 bridgehead atoms. The summed E-state index contributed by atoms with van der Waals surface area (Å²) in [6.07, 6.45) is 4.89. The lowest BCUT2D eigenvalue weighted by Crippen LogP contribution is -2.54. The maximum absolute atomic E-state index is 12.4. The number of piperidine rings is 1. The van der Waals surface area contributed by atoms with Gasteiger partial charge in [-0.1, -0.05) is 19.1 Å². The molecule has 1 aromatic rings. The molecule has 176 valence electrons. The van der Waals surface area contributed by atoms with Crippen molar-refractivity contribution >= 4 is 17.6 Å². The van der Waals surface area contributed by atoms with Crippen LogP contribution in [0.3, 0.4) is 0 Å². The van der Waals surface area contributed by atoms with Gasteiger partial charge < -0.3 is 20.0 Å². The molecule has 7 heteroatoms. The number of rotatable bonds is 5. The molecule has 0 spiro atoms. The van der Waals surface area contributed by atoms with Gasteiger partial charge in [0.25, 0.3) is 0 Å². The Balaban J connectivity index is 1.21. The van der Waals surface area contributed by atoms with Crippen LogP contribution in [0.5, 0.6) is 0 Å². The lowest BCUT2D eigenvalue weighted by molar-refractivity contribution is -0.131. The number of piperazine rings is 1. The smallest absolute Gasteiger partial charge is 0.236 e. The molecule has 0 saturated carbocycles. The Morgan fingerprint density at radius 1 is 0.938 bits per heavy atom. The van der Waals surface area contributed by atoms with Gasteiger partial charge >= 0.3 is 0 Å². The van der Waals surface area contributed by atoms with Crippen molar-refractivity contribution in [2.75, 3.05) is 70.9 Å². The number of guanidine groups is 1. The number of nitrogens with one attached hydrogen (secondary N) is 1. The third-order valence-corrected chi connectivity index (χ3v) is 7.24. The van der Waals surface area contributed by atoms with Gasteiger partial charge in [-0.05, 0) is 49.3 Å². The lowest BCUT2D eigenvalue weighted by atomic mass is 9.99. The van der Waals surface area contributed by atoms with Gasteiger partial charge in [0, 0.05) is 71.6 Å². The first kappa shape index (κ1) is 22.9. The summed E-state index contributed by atoms with van der Waals surface area (Å²) in [5, 5.41) is 3.53. The van der Waals surface area contributed by atoms with Crippen molar-refractivity contribution in [1.29, 1.82) is 0 Å². The van der Waals surface area contributed by atoms with Gasteiger partial charge in [-0.25, -0.2) is 0 Å². The summed E-state index contributed by atoms with van der Waals surface area (Å²) in [7, 11) is 1.85. The number of aliphatic imine (C=N–C) groups is 1. The van der Waals surface area contributed by atoms with Gasteiger partial charge in [0.2, 0.25) is 5.91 Å². The number of benzene rings is 1. The maximum atomic E-state index is 12.4. The second-order valence-electron chi connectivity index (χ2n) is 9.59. The second kappa shape index (κ2) is 11.0. The Kier molecular flexibility index (Phi) is 7.90. The number of hydrogen-bond acceptors (Lipinski definition) is 4. The molecule has 1 amide bonds. The van der Waals surface area contributed by atoms with Crippen LogP contribution in [-0.4, -0.2) is 92.5 Å². The monoisotopic (exact) mass is 440 g/mol. The molecule has 3 fully saturated rings. The van der Waals surface area contributed by atoms with Crippen LogP contribution in [0.25, 0.3) is 0 Å². The summed E-state index contributed by atoms with van der Waals surface area (Å²) < 4.78 is 0. The van der Waals surface area contributed by atoms with Crippen molar-refractivity contribution in [3.8, 4) is 0 Å². The Hall–Kier alpha value is -2.28. The first-order chi connectivity index (χ1) is 15.6. The van der Waals surface area contributed by atoms with Gasteiger partial charge in [-0.15, -0.1) is 0 Å². The van der Waals surface area contributed by atoms with Crippen LogP contribution in [-0.2, 0) is 11.3 Å². The van der Waals surface area contributed by atoms with Gasteiger partial charge in [-0.2, -0.15) is 0 Å². The molecule has 0 unspecified atom stereocenters. The largest absolute Gasteiger partial charge is 0.372 e. The molecule has 1 N–H and O–H groups in total. The first-order valence-electron chi connectivity index (χ1n) is 12.4. The summed E-state index contributed by atoms with van der Waals surface area (Å²) in [6.45, 7) is 11.5. The highest BCUT2D eigenvalue weighted by molar-refractivity contribution is 5.80. The van der Waals surface area contributed by atoms with E-state index in [0.717, 1.165) is 70.5 Å². The van der Waals surface area contributed by atoms with E-state index in [4.69, 9.17) is 0 Å². The topological polar surface area (TPSA) is 54.4 Å². The molecule has 3 heterocycles. The van der Waals surface area contributed by atoms with Crippen LogP contribution >= 0.6 is 0 Å². The zero-order chi connectivity index (χ0) is 22.3. The van der Waals surface area contributed by atoms with Crippen molar-refractivity contribution in [2.45, 2.75) is 39.2 Å². The highest BCUT2D eigenvalue weighted by Gasteiger charge is 2.24. The van der Waals surface area contributed by atoms with E-state index in [1.165, 1.54) is 37.2 Å². The average Bonchev–Trinajstić information content (AvgIpc) is 3.37. The van der Waals surface area contributed by atoms with Crippen LogP contribution in [0.15, 0.2) is 29.3 Å². The highest BCUT2D eigenvalue weighted by atomic mass is 16.2. The molecule has 3 aliphatic heterocycles. The van der Waals surface area contributed by atoms with E-state index >= 15 is 0 Å². The van der Waals surface area contributed by atoms with Crippen LogP contribution in [0.2, 0.25) is 0 Å².